The summed E-state index contributed by atoms with van der Waals surface area (Å²) in [7, 11) is 0. The summed E-state index contributed by atoms with van der Waals surface area (Å²) < 4.78 is 2.69. The number of rotatable bonds is 6. The van der Waals surface area contributed by atoms with E-state index in [4.69, 9.17) is 5.11 Å². The van der Waals surface area contributed by atoms with Crippen molar-refractivity contribution in [2.75, 3.05) is 18.5 Å². The van der Waals surface area contributed by atoms with Crippen molar-refractivity contribution in [3.05, 3.63) is 58.5 Å². The van der Waals surface area contributed by atoms with E-state index in [-0.39, 0.29) is 18.8 Å². The average molecular weight is 391 g/mol. The molecule has 0 bridgehead atoms. The fourth-order valence-electron chi connectivity index (χ4n) is 2.42. The molecule has 124 valence electrons. The maximum absolute atomic E-state index is 12.1. The largest absolute Gasteiger partial charge is 0.395 e. The maximum atomic E-state index is 12.1. The van der Waals surface area contributed by atoms with E-state index in [0.29, 0.717) is 12.2 Å². The summed E-state index contributed by atoms with van der Waals surface area (Å²) in [6, 6.07) is 7.52. The third-order valence-electron chi connectivity index (χ3n) is 3.49. The fourth-order valence-corrected chi connectivity index (χ4v) is 2.75. The van der Waals surface area contributed by atoms with Crippen molar-refractivity contribution >= 4 is 33.4 Å². The molecule has 0 aliphatic carbocycles. The Morgan fingerprint density at radius 2 is 2.12 bits per heavy atom. The number of imide groups is 1. The molecule has 2 aromatic rings. The van der Waals surface area contributed by atoms with Crippen LogP contribution in [0.1, 0.15) is 5.56 Å². The molecule has 2 heterocycles. The first-order valence-electron chi connectivity index (χ1n) is 7.29. The van der Waals surface area contributed by atoms with Gasteiger partial charge in [-0.05, 0) is 33.6 Å². The molecule has 0 spiro atoms. The molecule has 0 fully saturated rings. The van der Waals surface area contributed by atoms with Gasteiger partial charge >= 0.3 is 0 Å². The first kappa shape index (κ1) is 16.4. The zero-order chi connectivity index (χ0) is 17.1. The first-order chi connectivity index (χ1) is 11.6. The summed E-state index contributed by atoms with van der Waals surface area (Å²) in [4.78, 5) is 24.9. The number of β-amino-alcohol motifs (C(OH)–C–C–N with tert-alkyl or cyclic N) is 1. The highest BCUT2D eigenvalue weighted by Crippen LogP contribution is 2.19. The summed E-state index contributed by atoms with van der Waals surface area (Å²) in [5.74, 6) is -0.857. The molecule has 0 unspecified atom stereocenters. The summed E-state index contributed by atoms with van der Waals surface area (Å²) in [6.07, 6.45) is 4.83. The molecule has 3 rings (SSSR count). The topological polar surface area (TPSA) is 87.5 Å². The Hall–Kier alpha value is -2.45. The molecule has 7 nitrogen and oxygen atoms in total. The third-order valence-corrected chi connectivity index (χ3v) is 3.89. The number of nitrogens with zero attached hydrogens (tertiary/aromatic N) is 3. The molecule has 1 aromatic heterocycles. The second-order valence-electron chi connectivity index (χ2n) is 5.26. The minimum absolute atomic E-state index is 0.00639. The maximum Gasteiger partial charge on any atom is 0.277 e. The van der Waals surface area contributed by atoms with E-state index in [1.54, 1.807) is 10.9 Å². The van der Waals surface area contributed by atoms with Gasteiger partial charge in [0.05, 0.1) is 30.4 Å². The van der Waals surface area contributed by atoms with Crippen LogP contribution in [0, 0.1) is 0 Å². The van der Waals surface area contributed by atoms with Crippen LogP contribution in [0.15, 0.2) is 52.9 Å². The molecule has 24 heavy (non-hydrogen) atoms. The molecule has 0 saturated heterocycles. The Bertz CT molecular complexity index is 815. The smallest absolute Gasteiger partial charge is 0.277 e. The van der Waals surface area contributed by atoms with E-state index in [9.17, 15) is 9.59 Å². The normalized spacial score (nSPS) is 14.2. The van der Waals surface area contributed by atoms with Crippen LogP contribution in [-0.2, 0) is 16.1 Å². The fraction of sp³-hybridized carbons (Fsp3) is 0.188. The number of halogens is 1. The van der Waals surface area contributed by atoms with Gasteiger partial charge in [-0.15, -0.1) is 0 Å². The number of benzene rings is 1. The summed E-state index contributed by atoms with van der Waals surface area (Å²) >= 11 is 3.35. The second kappa shape index (κ2) is 6.98. The Morgan fingerprint density at radius 1 is 1.29 bits per heavy atom. The van der Waals surface area contributed by atoms with Gasteiger partial charge in [-0.1, -0.05) is 12.1 Å². The molecule has 1 aliphatic heterocycles. The van der Waals surface area contributed by atoms with Crippen LogP contribution >= 0.6 is 15.9 Å². The van der Waals surface area contributed by atoms with Gasteiger partial charge in [0.25, 0.3) is 11.8 Å². The van der Waals surface area contributed by atoms with E-state index >= 15 is 0 Å². The van der Waals surface area contributed by atoms with Gasteiger partial charge in [-0.25, -0.2) is 0 Å². The van der Waals surface area contributed by atoms with Crippen LogP contribution in [0.4, 0.5) is 5.69 Å². The molecule has 2 N–H and O–H groups in total. The average Bonchev–Trinajstić information content (AvgIpc) is 3.06. The molecule has 0 atom stereocenters. The van der Waals surface area contributed by atoms with Crippen molar-refractivity contribution in [2.45, 2.75) is 6.54 Å². The standard InChI is InChI=1S/C16H15BrN4O3/c17-12-8-18-20(10-12)9-11-2-1-3-13(6-11)19-14-7-15(23)21(4-5-22)16(14)24/h1-3,6-8,10,19,22H,4-5,9H2. The predicted molar refractivity (Wildman–Crippen MR) is 91.0 cm³/mol. The highest BCUT2D eigenvalue weighted by Gasteiger charge is 2.30. The molecule has 1 aromatic carbocycles. The Labute approximate surface area is 146 Å². The van der Waals surface area contributed by atoms with Gasteiger partial charge in [-0.2, -0.15) is 5.10 Å². The number of anilines is 1. The quantitative estimate of drug-likeness (QED) is 0.726. The Balaban J connectivity index is 1.72. The number of aromatic nitrogens is 2. The highest BCUT2D eigenvalue weighted by molar-refractivity contribution is 9.10. The lowest BCUT2D eigenvalue weighted by Gasteiger charge is -2.13. The van der Waals surface area contributed by atoms with Gasteiger partial charge in [-0.3, -0.25) is 19.2 Å². The lowest BCUT2D eigenvalue weighted by atomic mass is 10.2. The first-order valence-corrected chi connectivity index (χ1v) is 8.08. The van der Waals surface area contributed by atoms with Crippen molar-refractivity contribution in [1.29, 1.82) is 0 Å². The number of carbonyl (C=O) groups excluding carboxylic acids is 2. The van der Waals surface area contributed by atoms with Gasteiger partial charge in [0.15, 0.2) is 0 Å². The van der Waals surface area contributed by atoms with Crippen molar-refractivity contribution < 1.29 is 14.7 Å². The molecular weight excluding hydrogens is 376 g/mol. The van der Waals surface area contributed by atoms with Gasteiger partial charge in [0.1, 0.15) is 5.70 Å². The lowest BCUT2D eigenvalue weighted by Crippen LogP contribution is -2.34. The van der Waals surface area contributed by atoms with Crippen molar-refractivity contribution in [2.24, 2.45) is 0 Å². The van der Waals surface area contributed by atoms with E-state index in [1.165, 1.54) is 6.08 Å². The number of nitrogens with one attached hydrogen (secondary N) is 1. The van der Waals surface area contributed by atoms with Crippen LogP contribution < -0.4 is 5.32 Å². The third kappa shape index (κ3) is 3.55. The monoisotopic (exact) mass is 390 g/mol. The second-order valence-corrected chi connectivity index (χ2v) is 6.17. The highest BCUT2D eigenvalue weighted by atomic mass is 79.9. The van der Waals surface area contributed by atoms with Gasteiger partial charge < -0.3 is 10.4 Å². The molecular formula is C16H15BrN4O3. The van der Waals surface area contributed by atoms with E-state index < -0.39 is 11.8 Å². The summed E-state index contributed by atoms with van der Waals surface area (Å²) in [6.45, 7) is 0.324. The molecule has 1 aliphatic rings. The van der Waals surface area contributed by atoms with Crippen LogP contribution in [0.5, 0.6) is 0 Å². The van der Waals surface area contributed by atoms with Gasteiger partial charge in [0, 0.05) is 18.0 Å². The number of aliphatic hydroxyl groups excluding tert-OH is 1. The van der Waals surface area contributed by atoms with Crippen LogP contribution in [0.2, 0.25) is 0 Å². The van der Waals surface area contributed by atoms with Crippen LogP contribution in [0.3, 0.4) is 0 Å². The number of hydrogen-bond donors (Lipinski definition) is 2. The van der Waals surface area contributed by atoms with E-state index in [1.807, 2.05) is 30.5 Å². The summed E-state index contributed by atoms with van der Waals surface area (Å²) in [5, 5.41) is 16.1. The van der Waals surface area contributed by atoms with Crippen LogP contribution in [0.25, 0.3) is 0 Å². The number of amides is 2. The van der Waals surface area contributed by atoms with Crippen molar-refractivity contribution in [1.82, 2.24) is 14.7 Å². The molecule has 0 radical (unpaired) electrons. The number of aliphatic hydroxyl groups is 1. The lowest BCUT2D eigenvalue weighted by molar-refractivity contribution is -0.137. The van der Waals surface area contributed by atoms with Crippen molar-refractivity contribution in [3.8, 4) is 0 Å². The number of carbonyl (C=O) groups is 2. The minimum atomic E-state index is -0.435. The SMILES string of the molecule is O=C1C=C(Nc2cccc(Cn3cc(Br)cn3)c2)C(=O)N1CCO. The van der Waals surface area contributed by atoms with Gasteiger partial charge in [0.2, 0.25) is 0 Å². The Morgan fingerprint density at radius 3 is 2.83 bits per heavy atom. The van der Waals surface area contributed by atoms with Crippen molar-refractivity contribution in [3.63, 3.8) is 0 Å². The van der Waals surface area contributed by atoms with E-state index in [2.05, 4.69) is 26.3 Å². The summed E-state index contributed by atoms with van der Waals surface area (Å²) in [5.41, 5.74) is 1.91. The molecule has 0 saturated carbocycles. The van der Waals surface area contributed by atoms with Crippen LogP contribution in [-0.4, -0.2) is 44.8 Å². The minimum Gasteiger partial charge on any atom is -0.395 e. The zero-order valence-electron chi connectivity index (χ0n) is 12.6. The number of hydrogen-bond acceptors (Lipinski definition) is 5. The Kier molecular flexibility index (Phi) is 4.77. The zero-order valence-corrected chi connectivity index (χ0v) is 14.2. The molecule has 2 amide bonds. The molecule has 8 heteroatoms. The predicted octanol–water partition coefficient (Wildman–Crippen LogP) is 1.35. The van der Waals surface area contributed by atoms with E-state index in [0.717, 1.165) is 14.9 Å².